The van der Waals surface area contributed by atoms with Crippen LogP contribution in [0.2, 0.25) is 0 Å². The second-order valence-corrected chi connectivity index (χ2v) is 4.49. The first kappa shape index (κ1) is 11.1. The summed E-state index contributed by atoms with van der Waals surface area (Å²) in [5.41, 5.74) is 2.13. The molecule has 0 aliphatic heterocycles. The molecule has 2 rings (SSSR count). The molecule has 1 fully saturated rings. The van der Waals surface area contributed by atoms with E-state index in [1.807, 2.05) is 24.3 Å². The molecule has 1 saturated carbocycles. The maximum absolute atomic E-state index is 10.6. The molecule has 1 aliphatic rings. The molecule has 0 atom stereocenters. The highest BCUT2D eigenvalue weighted by molar-refractivity contribution is 5.67. The summed E-state index contributed by atoms with van der Waals surface area (Å²) in [5.74, 6) is -0.774. The Hall–Kier alpha value is -1.35. The summed E-state index contributed by atoms with van der Waals surface area (Å²) in [5, 5.41) is 18.1. The molecule has 0 saturated heterocycles. The molecule has 0 aromatic heterocycles. The number of aliphatic carboxylic acids is 1. The van der Waals surface area contributed by atoms with Crippen molar-refractivity contribution in [2.24, 2.45) is 0 Å². The Kier molecular flexibility index (Phi) is 2.97. The van der Waals surface area contributed by atoms with Gasteiger partial charge in [0.1, 0.15) is 0 Å². The standard InChI is InChI=1S/C13H16O3/c14-9-13(7-8-13)11-4-2-1-3-10(11)5-6-12(15)16/h1-4,14H,5-9H2,(H,15,16). The first-order chi connectivity index (χ1) is 7.68. The third-order valence-corrected chi connectivity index (χ3v) is 3.35. The number of aliphatic hydroxyl groups excluding tert-OH is 1. The lowest BCUT2D eigenvalue weighted by Gasteiger charge is -2.16. The van der Waals surface area contributed by atoms with E-state index in [0.29, 0.717) is 6.42 Å². The highest BCUT2D eigenvalue weighted by Gasteiger charge is 2.44. The zero-order chi connectivity index (χ0) is 11.6. The average molecular weight is 220 g/mol. The minimum Gasteiger partial charge on any atom is -0.481 e. The SMILES string of the molecule is O=C(O)CCc1ccccc1C1(CO)CC1. The van der Waals surface area contributed by atoms with Crippen LogP contribution in [0.4, 0.5) is 0 Å². The highest BCUT2D eigenvalue weighted by atomic mass is 16.4. The highest BCUT2D eigenvalue weighted by Crippen LogP contribution is 2.48. The third-order valence-electron chi connectivity index (χ3n) is 3.35. The molecule has 86 valence electrons. The van der Waals surface area contributed by atoms with E-state index in [-0.39, 0.29) is 18.4 Å². The van der Waals surface area contributed by atoms with Gasteiger partial charge in [-0.2, -0.15) is 0 Å². The Balaban J connectivity index is 2.21. The monoisotopic (exact) mass is 220 g/mol. The molecule has 2 N–H and O–H groups in total. The van der Waals surface area contributed by atoms with Crippen molar-refractivity contribution in [3.63, 3.8) is 0 Å². The Morgan fingerprint density at radius 1 is 1.31 bits per heavy atom. The Morgan fingerprint density at radius 3 is 2.56 bits per heavy atom. The molecule has 3 nitrogen and oxygen atoms in total. The molecule has 0 unspecified atom stereocenters. The van der Waals surface area contributed by atoms with Gasteiger partial charge in [0, 0.05) is 11.8 Å². The molecule has 0 heterocycles. The number of hydrogen-bond acceptors (Lipinski definition) is 2. The van der Waals surface area contributed by atoms with Crippen LogP contribution in [0.5, 0.6) is 0 Å². The Labute approximate surface area is 94.7 Å². The predicted molar refractivity (Wildman–Crippen MR) is 60.4 cm³/mol. The summed E-state index contributed by atoms with van der Waals surface area (Å²) < 4.78 is 0. The van der Waals surface area contributed by atoms with Crippen LogP contribution >= 0.6 is 0 Å². The van der Waals surface area contributed by atoms with Crippen LogP contribution in [0.1, 0.15) is 30.4 Å². The molecular formula is C13H16O3. The van der Waals surface area contributed by atoms with Gasteiger partial charge in [0.2, 0.25) is 0 Å². The first-order valence-corrected chi connectivity index (χ1v) is 5.59. The minimum atomic E-state index is -0.774. The zero-order valence-corrected chi connectivity index (χ0v) is 9.15. The van der Waals surface area contributed by atoms with E-state index in [1.165, 1.54) is 0 Å². The predicted octanol–water partition coefficient (Wildman–Crippen LogP) is 1.73. The topological polar surface area (TPSA) is 57.5 Å². The zero-order valence-electron chi connectivity index (χ0n) is 9.15. The number of aliphatic hydroxyl groups is 1. The van der Waals surface area contributed by atoms with Gasteiger partial charge in [-0.25, -0.2) is 0 Å². The maximum atomic E-state index is 10.6. The summed E-state index contributed by atoms with van der Waals surface area (Å²) in [6.07, 6.45) is 2.72. The molecular weight excluding hydrogens is 204 g/mol. The fraction of sp³-hybridized carbons (Fsp3) is 0.462. The second kappa shape index (κ2) is 4.26. The van der Waals surface area contributed by atoms with Crippen molar-refractivity contribution in [3.05, 3.63) is 35.4 Å². The van der Waals surface area contributed by atoms with Crippen LogP contribution in [-0.2, 0) is 16.6 Å². The lowest BCUT2D eigenvalue weighted by Crippen LogP contribution is -2.15. The first-order valence-electron chi connectivity index (χ1n) is 5.59. The van der Waals surface area contributed by atoms with Gasteiger partial charge in [-0.15, -0.1) is 0 Å². The number of benzene rings is 1. The average Bonchev–Trinajstić information content (AvgIpc) is 3.07. The maximum Gasteiger partial charge on any atom is 0.303 e. The van der Waals surface area contributed by atoms with E-state index in [2.05, 4.69) is 0 Å². The molecule has 16 heavy (non-hydrogen) atoms. The van der Waals surface area contributed by atoms with Crippen LogP contribution in [-0.4, -0.2) is 22.8 Å². The van der Waals surface area contributed by atoms with Crippen molar-refractivity contribution in [1.82, 2.24) is 0 Å². The van der Waals surface area contributed by atoms with Crippen molar-refractivity contribution in [2.45, 2.75) is 31.1 Å². The van der Waals surface area contributed by atoms with Crippen LogP contribution in [0.15, 0.2) is 24.3 Å². The van der Waals surface area contributed by atoms with Crippen LogP contribution in [0.3, 0.4) is 0 Å². The van der Waals surface area contributed by atoms with E-state index in [9.17, 15) is 9.90 Å². The molecule has 1 aliphatic carbocycles. The van der Waals surface area contributed by atoms with Crippen molar-refractivity contribution in [3.8, 4) is 0 Å². The summed E-state index contributed by atoms with van der Waals surface area (Å²) >= 11 is 0. The lowest BCUT2D eigenvalue weighted by molar-refractivity contribution is -0.136. The van der Waals surface area contributed by atoms with Gasteiger partial charge in [-0.3, -0.25) is 4.79 Å². The molecule has 0 bridgehead atoms. The van der Waals surface area contributed by atoms with E-state index >= 15 is 0 Å². The molecule has 0 spiro atoms. The van der Waals surface area contributed by atoms with Gasteiger partial charge in [-0.05, 0) is 30.4 Å². The number of carbonyl (C=O) groups is 1. The minimum absolute atomic E-state index is 0.0743. The summed E-state index contributed by atoms with van der Waals surface area (Å²) in [4.78, 5) is 10.6. The molecule has 3 heteroatoms. The molecule has 1 aromatic carbocycles. The number of rotatable bonds is 5. The molecule has 0 radical (unpaired) electrons. The summed E-state index contributed by atoms with van der Waals surface area (Å²) in [7, 11) is 0. The van der Waals surface area contributed by atoms with Gasteiger partial charge < -0.3 is 10.2 Å². The smallest absolute Gasteiger partial charge is 0.303 e. The van der Waals surface area contributed by atoms with E-state index in [4.69, 9.17) is 5.11 Å². The van der Waals surface area contributed by atoms with Crippen molar-refractivity contribution in [1.29, 1.82) is 0 Å². The normalized spacial score (nSPS) is 17.1. The Morgan fingerprint density at radius 2 is 2.00 bits per heavy atom. The fourth-order valence-corrected chi connectivity index (χ4v) is 2.16. The third kappa shape index (κ3) is 2.09. The van der Waals surface area contributed by atoms with Gasteiger partial charge in [0.25, 0.3) is 0 Å². The van der Waals surface area contributed by atoms with Crippen molar-refractivity contribution >= 4 is 5.97 Å². The van der Waals surface area contributed by atoms with E-state index in [1.54, 1.807) is 0 Å². The fourth-order valence-electron chi connectivity index (χ4n) is 2.16. The molecule has 0 amide bonds. The number of carboxylic acids is 1. The lowest BCUT2D eigenvalue weighted by atomic mass is 9.90. The molecule has 1 aromatic rings. The van der Waals surface area contributed by atoms with Gasteiger partial charge in [-0.1, -0.05) is 24.3 Å². The van der Waals surface area contributed by atoms with Crippen LogP contribution in [0.25, 0.3) is 0 Å². The number of aryl methyl sites for hydroxylation is 1. The van der Waals surface area contributed by atoms with Crippen molar-refractivity contribution in [2.75, 3.05) is 6.61 Å². The number of carboxylic acid groups (broad SMARTS) is 1. The van der Waals surface area contributed by atoms with E-state index in [0.717, 1.165) is 24.0 Å². The van der Waals surface area contributed by atoms with Crippen LogP contribution < -0.4 is 0 Å². The van der Waals surface area contributed by atoms with Crippen LogP contribution in [0, 0.1) is 0 Å². The largest absolute Gasteiger partial charge is 0.481 e. The van der Waals surface area contributed by atoms with E-state index < -0.39 is 5.97 Å². The quantitative estimate of drug-likeness (QED) is 0.794. The van der Waals surface area contributed by atoms with Gasteiger partial charge in [0.15, 0.2) is 0 Å². The van der Waals surface area contributed by atoms with Gasteiger partial charge >= 0.3 is 5.97 Å². The summed E-state index contributed by atoms with van der Waals surface area (Å²) in [6.45, 7) is 0.164. The summed E-state index contributed by atoms with van der Waals surface area (Å²) in [6, 6.07) is 7.86. The Bertz CT molecular complexity index is 394. The second-order valence-electron chi connectivity index (χ2n) is 4.49. The van der Waals surface area contributed by atoms with Gasteiger partial charge in [0.05, 0.1) is 6.61 Å². The van der Waals surface area contributed by atoms with Crippen molar-refractivity contribution < 1.29 is 15.0 Å². The number of hydrogen-bond donors (Lipinski definition) is 2.